The maximum atomic E-state index is 2.60. The van der Waals surface area contributed by atoms with Crippen molar-refractivity contribution in [3.05, 3.63) is 11.6 Å². The normalized spacial score (nSPS) is 24.4. The van der Waals surface area contributed by atoms with Gasteiger partial charge in [0.2, 0.25) is 0 Å². The van der Waals surface area contributed by atoms with Gasteiger partial charge in [-0.25, -0.2) is 0 Å². The highest BCUT2D eigenvalue weighted by atomic mass is 15.2. The van der Waals surface area contributed by atoms with Crippen LogP contribution in [-0.2, 0) is 0 Å². The molecule has 1 rings (SSSR count). The molecule has 70 valence electrons. The molecule has 0 aliphatic carbocycles. The molecule has 1 unspecified atom stereocenters. The SMILES string of the molecule is CCC1CCCN1CC=C(C)C. The predicted molar refractivity (Wildman–Crippen MR) is 54.3 cm³/mol. The van der Waals surface area contributed by atoms with E-state index in [9.17, 15) is 0 Å². The van der Waals surface area contributed by atoms with Crippen LogP contribution in [0.15, 0.2) is 11.6 Å². The summed E-state index contributed by atoms with van der Waals surface area (Å²) in [7, 11) is 0. The van der Waals surface area contributed by atoms with Gasteiger partial charge in [-0.2, -0.15) is 0 Å². The van der Waals surface area contributed by atoms with Gasteiger partial charge in [-0.1, -0.05) is 18.6 Å². The second kappa shape index (κ2) is 4.66. The summed E-state index contributed by atoms with van der Waals surface area (Å²) in [5.41, 5.74) is 1.44. The summed E-state index contributed by atoms with van der Waals surface area (Å²) in [6.07, 6.45) is 6.47. The summed E-state index contributed by atoms with van der Waals surface area (Å²) in [5.74, 6) is 0. The molecule has 0 spiro atoms. The summed E-state index contributed by atoms with van der Waals surface area (Å²) in [6.45, 7) is 9.13. The van der Waals surface area contributed by atoms with E-state index in [1.54, 1.807) is 0 Å². The molecule has 0 amide bonds. The molecule has 0 aromatic rings. The molecule has 1 heterocycles. The average molecular weight is 167 g/mol. The number of hydrogen-bond acceptors (Lipinski definition) is 1. The highest BCUT2D eigenvalue weighted by Crippen LogP contribution is 2.19. The van der Waals surface area contributed by atoms with Crippen molar-refractivity contribution in [3.8, 4) is 0 Å². The van der Waals surface area contributed by atoms with E-state index in [1.165, 1.54) is 37.9 Å². The lowest BCUT2D eigenvalue weighted by Gasteiger charge is -2.21. The van der Waals surface area contributed by atoms with Gasteiger partial charge in [0, 0.05) is 12.6 Å². The highest BCUT2D eigenvalue weighted by Gasteiger charge is 2.20. The largest absolute Gasteiger partial charge is 0.297 e. The fourth-order valence-electron chi connectivity index (χ4n) is 1.90. The Bertz CT molecular complexity index is 156. The minimum absolute atomic E-state index is 0.862. The minimum atomic E-state index is 0.862. The van der Waals surface area contributed by atoms with Gasteiger partial charge in [0.1, 0.15) is 0 Å². The molecule has 1 aliphatic rings. The van der Waals surface area contributed by atoms with Gasteiger partial charge < -0.3 is 0 Å². The van der Waals surface area contributed by atoms with Gasteiger partial charge in [0.15, 0.2) is 0 Å². The smallest absolute Gasteiger partial charge is 0.0168 e. The van der Waals surface area contributed by atoms with Crippen molar-refractivity contribution in [2.45, 2.75) is 46.1 Å². The third-order valence-electron chi connectivity index (χ3n) is 2.70. The third kappa shape index (κ3) is 2.63. The van der Waals surface area contributed by atoms with E-state index in [0.29, 0.717) is 0 Å². The molecule has 1 heteroatoms. The van der Waals surface area contributed by atoms with Crippen molar-refractivity contribution < 1.29 is 0 Å². The van der Waals surface area contributed by atoms with E-state index < -0.39 is 0 Å². The molecule has 12 heavy (non-hydrogen) atoms. The van der Waals surface area contributed by atoms with Crippen molar-refractivity contribution in [2.24, 2.45) is 0 Å². The number of allylic oxidation sites excluding steroid dienone is 1. The number of nitrogens with zero attached hydrogens (tertiary/aromatic N) is 1. The molecule has 0 aromatic heterocycles. The summed E-state index contributed by atoms with van der Waals surface area (Å²) < 4.78 is 0. The zero-order valence-corrected chi connectivity index (χ0v) is 8.64. The quantitative estimate of drug-likeness (QED) is 0.584. The molecular weight excluding hydrogens is 146 g/mol. The number of rotatable bonds is 3. The van der Waals surface area contributed by atoms with E-state index in [4.69, 9.17) is 0 Å². The fourth-order valence-corrected chi connectivity index (χ4v) is 1.90. The second-order valence-corrected chi connectivity index (χ2v) is 3.98. The van der Waals surface area contributed by atoms with Gasteiger partial charge >= 0.3 is 0 Å². The van der Waals surface area contributed by atoms with Crippen molar-refractivity contribution in [1.29, 1.82) is 0 Å². The monoisotopic (exact) mass is 167 g/mol. The van der Waals surface area contributed by atoms with Crippen LogP contribution < -0.4 is 0 Å². The lowest BCUT2D eigenvalue weighted by atomic mass is 10.2. The summed E-state index contributed by atoms with van der Waals surface area (Å²) in [4.78, 5) is 2.60. The first-order valence-electron chi connectivity index (χ1n) is 5.11. The Labute approximate surface area is 76.5 Å². The topological polar surface area (TPSA) is 3.24 Å². The standard InChI is InChI=1S/C11H21N/c1-4-11-6-5-8-12(11)9-7-10(2)3/h7,11H,4-6,8-9H2,1-3H3. The van der Waals surface area contributed by atoms with Gasteiger partial charge in [0.25, 0.3) is 0 Å². The first-order valence-corrected chi connectivity index (χ1v) is 5.11. The van der Waals surface area contributed by atoms with Gasteiger partial charge in [0.05, 0.1) is 0 Å². The fraction of sp³-hybridized carbons (Fsp3) is 0.818. The van der Waals surface area contributed by atoms with Gasteiger partial charge in [-0.15, -0.1) is 0 Å². The van der Waals surface area contributed by atoms with Gasteiger partial charge in [-0.3, -0.25) is 4.90 Å². The Balaban J connectivity index is 2.35. The van der Waals surface area contributed by atoms with Crippen LogP contribution in [0.5, 0.6) is 0 Å². The van der Waals surface area contributed by atoms with Gasteiger partial charge in [-0.05, 0) is 39.7 Å². The van der Waals surface area contributed by atoms with Crippen molar-refractivity contribution in [3.63, 3.8) is 0 Å². The predicted octanol–water partition coefficient (Wildman–Crippen LogP) is 2.83. The van der Waals surface area contributed by atoms with E-state index in [1.807, 2.05) is 0 Å². The summed E-state index contributed by atoms with van der Waals surface area (Å²) >= 11 is 0. The summed E-state index contributed by atoms with van der Waals surface area (Å²) in [6, 6.07) is 0.862. The van der Waals surface area contributed by atoms with Crippen LogP contribution in [0.2, 0.25) is 0 Å². The molecule has 1 saturated heterocycles. The van der Waals surface area contributed by atoms with E-state index in [2.05, 4.69) is 31.7 Å². The van der Waals surface area contributed by atoms with Crippen LogP contribution in [0.3, 0.4) is 0 Å². The Morgan fingerprint density at radius 2 is 2.25 bits per heavy atom. The molecule has 1 aliphatic heterocycles. The molecule has 0 bridgehead atoms. The van der Waals surface area contributed by atoms with Crippen LogP contribution in [0.4, 0.5) is 0 Å². The average Bonchev–Trinajstić information content (AvgIpc) is 2.47. The molecule has 1 nitrogen and oxygen atoms in total. The zero-order valence-electron chi connectivity index (χ0n) is 8.64. The van der Waals surface area contributed by atoms with Crippen molar-refractivity contribution >= 4 is 0 Å². The molecule has 0 saturated carbocycles. The van der Waals surface area contributed by atoms with Crippen LogP contribution in [0.25, 0.3) is 0 Å². The zero-order chi connectivity index (χ0) is 8.97. The lowest BCUT2D eigenvalue weighted by Crippen LogP contribution is -2.28. The third-order valence-corrected chi connectivity index (χ3v) is 2.70. The molecule has 1 atom stereocenters. The molecule has 0 aromatic carbocycles. The van der Waals surface area contributed by atoms with E-state index in [-0.39, 0.29) is 0 Å². The van der Waals surface area contributed by atoms with E-state index in [0.717, 1.165) is 6.04 Å². The van der Waals surface area contributed by atoms with Crippen molar-refractivity contribution in [2.75, 3.05) is 13.1 Å². The number of likely N-dealkylation sites (tertiary alicyclic amines) is 1. The molecule has 0 N–H and O–H groups in total. The van der Waals surface area contributed by atoms with Crippen LogP contribution in [0.1, 0.15) is 40.0 Å². The molecule has 1 fully saturated rings. The number of hydrogen-bond donors (Lipinski definition) is 0. The Morgan fingerprint density at radius 1 is 1.50 bits per heavy atom. The Hall–Kier alpha value is -0.300. The summed E-state index contributed by atoms with van der Waals surface area (Å²) in [5, 5.41) is 0. The van der Waals surface area contributed by atoms with Crippen molar-refractivity contribution in [1.82, 2.24) is 4.90 Å². The molecule has 0 radical (unpaired) electrons. The van der Waals surface area contributed by atoms with E-state index >= 15 is 0 Å². The van der Waals surface area contributed by atoms with Crippen LogP contribution in [0, 0.1) is 0 Å². The lowest BCUT2D eigenvalue weighted by molar-refractivity contribution is 0.274. The van der Waals surface area contributed by atoms with Crippen LogP contribution in [-0.4, -0.2) is 24.0 Å². The van der Waals surface area contributed by atoms with Crippen LogP contribution >= 0.6 is 0 Å². The minimum Gasteiger partial charge on any atom is -0.297 e. The Morgan fingerprint density at radius 3 is 2.83 bits per heavy atom. The second-order valence-electron chi connectivity index (χ2n) is 3.98. The first-order chi connectivity index (χ1) is 5.74. The maximum absolute atomic E-state index is 2.60. The highest BCUT2D eigenvalue weighted by molar-refractivity contribution is 4.96. The first kappa shape index (κ1) is 9.79. The maximum Gasteiger partial charge on any atom is 0.0168 e. The molecular formula is C11H21N. The Kier molecular flexibility index (Phi) is 3.80.